The third-order valence-electron chi connectivity index (χ3n) is 3.41. The van der Waals surface area contributed by atoms with Crippen LogP contribution in [0.4, 0.5) is 0 Å². The SMILES string of the molecule is COc1ccc(C(=O)C(C)(Br)c2ccc(OC)cc2)cc1. The van der Waals surface area contributed by atoms with Crippen molar-refractivity contribution in [2.75, 3.05) is 14.2 Å². The highest BCUT2D eigenvalue weighted by Gasteiger charge is 2.32. The summed E-state index contributed by atoms with van der Waals surface area (Å²) in [5.74, 6) is 1.49. The largest absolute Gasteiger partial charge is 0.497 e. The number of methoxy groups -OCH3 is 2. The number of halogens is 1. The van der Waals surface area contributed by atoms with Crippen molar-refractivity contribution in [1.82, 2.24) is 0 Å². The van der Waals surface area contributed by atoms with Crippen molar-refractivity contribution in [3.8, 4) is 11.5 Å². The second-order valence-corrected chi connectivity index (χ2v) is 6.38. The van der Waals surface area contributed by atoms with Gasteiger partial charge >= 0.3 is 0 Å². The molecule has 0 saturated carbocycles. The molecule has 2 rings (SSSR count). The van der Waals surface area contributed by atoms with Gasteiger partial charge in [-0.3, -0.25) is 4.79 Å². The van der Waals surface area contributed by atoms with Gasteiger partial charge in [0.2, 0.25) is 0 Å². The number of alkyl halides is 1. The monoisotopic (exact) mass is 348 g/mol. The minimum atomic E-state index is -0.784. The van der Waals surface area contributed by atoms with Gasteiger partial charge in [-0.15, -0.1) is 0 Å². The van der Waals surface area contributed by atoms with E-state index in [2.05, 4.69) is 15.9 Å². The Kier molecular flexibility index (Phi) is 4.68. The predicted octanol–water partition coefficient (Wildman–Crippen LogP) is 4.20. The summed E-state index contributed by atoms with van der Waals surface area (Å²) in [6.45, 7) is 1.85. The Labute approximate surface area is 133 Å². The van der Waals surface area contributed by atoms with Crippen molar-refractivity contribution in [2.24, 2.45) is 0 Å². The van der Waals surface area contributed by atoms with Crippen LogP contribution >= 0.6 is 15.9 Å². The second kappa shape index (κ2) is 6.31. The highest BCUT2D eigenvalue weighted by Crippen LogP contribution is 2.35. The third kappa shape index (κ3) is 3.27. The van der Waals surface area contributed by atoms with E-state index >= 15 is 0 Å². The van der Waals surface area contributed by atoms with Crippen LogP contribution < -0.4 is 9.47 Å². The number of carbonyl (C=O) groups is 1. The number of benzene rings is 2. The van der Waals surface area contributed by atoms with Gasteiger partial charge in [-0.25, -0.2) is 0 Å². The molecule has 0 fully saturated rings. The Hall–Kier alpha value is -1.81. The predicted molar refractivity (Wildman–Crippen MR) is 86.6 cm³/mol. The van der Waals surface area contributed by atoms with Crippen LogP contribution in [0.15, 0.2) is 48.5 Å². The molecule has 0 spiro atoms. The first-order chi connectivity index (χ1) is 9.98. The molecule has 1 atom stereocenters. The van der Waals surface area contributed by atoms with E-state index in [9.17, 15) is 4.79 Å². The van der Waals surface area contributed by atoms with Crippen molar-refractivity contribution in [3.63, 3.8) is 0 Å². The van der Waals surface area contributed by atoms with Crippen LogP contribution in [-0.4, -0.2) is 20.0 Å². The average Bonchev–Trinajstić information content (AvgIpc) is 2.54. The number of carbonyl (C=O) groups excluding carboxylic acids is 1. The lowest BCUT2D eigenvalue weighted by Crippen LogP contribution is -2.25. The van der Waals surface area contributed by atoms with E-state index < -0.39 is 4.32 Å². The minimum Gasteiger partial charge on any atom is -0.497 e. The molecule has 21 heavy (non-hydrogen) atoms. The van der Waals surface area contributed by atoms with Crippen LogP contribution in [0.2, 0.25) is 0 Å². The molecule has 2 aromatic carbocycles. The van der Waals surface area contributed by atoms with Crippen LogP contribution in [0.3, 0.4) is 0 Å². The molecular formula is C17H17BrO3. The molecule has 0 saturated heterocycles. The molecule has 0 aliphatic heterocycles. The first kappa shape index (κ1) is 15.6. The summed E-state index contributed by atoms with van der Waals surface area (Å²) < 4.78 is 9.46. The normalized spacial score (nSPS) is 13.3. The topological polar surface area (TPSA) is 35.5 Å². The van der Waals surface area contributed by atoms with E-state index in [-0.39, 0.29) is 5.78 Å². The summed E-state index contributed by atoms with van der Waals surface area (Å²) >= 11 is 3.55. The van der Waals surface area contributed by atoms with Gasteiger partial charge in [0, 0.05) is 5.56 Å². The van der Waals surface area contributed by atoms with Crippen molar-refractivity contribution in [2.45, 2.75) is 11.2 Å². The van der Waals surface area contributed by atoms with E-state index in [1.54, 1.807) is 38.5 Å². The number of Topliss-reactive ketones (excluding diaryl/α,β-unsaturated/α-hetero) is 1. The Morgan fingerprint density at radius 1 is 0.905 bits per heavy atom. The fourth-order valence-corrected chi connectivity index (χ4v) is 2.54. The fraction of sp³-hybridized carbons (Fsp3) is 0.235. The maximum atomic E-state index is 12.7. The Morgan fingerprint density at radius 2 is 1.33 bits per heavy atom. The molecule has 0 aliphatic rings. The maximum absolute atomic E-state index is 12.7. The van der Waals surface area contributed by atoms with E-state index in [4.69, 9.17) is 9.47 Å². The van der Waals surface area contributed by atoms with Crippen molar-refractivity contribution < 1.29 is 14.3 Å². The van der Waals surface area contributed by atoms with Crippen LogP contribution in [0, 0.1) is 0 Å². The summed E-state index contributed by atoms with van der Waals surface area (Å²) in [6, 6.07) is 14.6. The molecule has 110 valence electrons. The van der Waals surface area contributed by atoms with Crippen molar-refractivity contribution >= 4 is 21.7 Å². The Morgan fingerprint density at radius 3 is 1.76 bits per heavy atom. The summed E-state index contributed by atoms with van der Waals surface area (Å²) in [7, 11) is 3.22. The van der Waals surface area contributed by atoms with E-state index in [1.807, 2.05) is 31.2 Å². The molecular weight excluding hydrogens is 332 g/mol. The molecule has 0 aliphatic carbocycles. The Balaban J connectivity index is 2.29. The lowest BCUT2D eigenvalue weighted by molar-refractivity contribution is 0.0953. The van der Waals surface area contributed by atoms with Crippen LogP contribution in [0.25, 0.3) is 0 Å². The molecule has 0 radical (unpaired) electrons. The molecule has 0 bridgehead atoms. The molecule has 0 N–H and O–H groups in total. The zero-order chi connectivity index (χ0) is 15.5. The van der Waals surface area contributed by atoms with Gasteiger partial charge in [-0.05, 0) is 48.9 Å². The first-order valence-corrected chi connectivity index (χ1v) is 7.30. The first-order valence-electron chi connectivity index (χ1n) is 6.51. The molecule has 1 unspecified atom stereocenters. The van der Waals surface area contributed by atoms with Gasteiger partial charge in [0.15, 0.2) is 5.78 Å². The quantitative estimate of drug-likeness (QED) is 0.600. The summed E-state index contributed by atoms with van der Waals surface area (Å²) in [5, 5.41) is 0. The lowest BCUT2D eigenvalue weighted by Gasteiger charge is -2.22. The van der Waals surface area contributed by atoms with Gasteiger partial charge in [-0.2, -0.15) is 0 Å². The van der Waals surface area contributed by atoms with Gasteiger partial charge in [0.05, 0.1) is 14.2 Å². The fourth-order valence-electron chi connectivity index (χ4n) is 2.05. The number of hydrogen-bond acceptors (Lipinski definition) is 3. The molecule has 0 aromatic heterocycles. The number of hydrogen-bond donors (Lipinski definition) is 0. The highest BCUT2D eigenvalue weighted by molar-refractivity contribution is 9.10. The zero-order valence-electron chi connectivity index (χ0n) is 12.2. The lowest BCUT2D eigenvalue weighted by atomic mass is 9.92. The summed E-state index contributed by atoms with van der Waals surface area (Å²) in [4.78, 5) is 12.7. The molecule has 0 heterocycles. The highest BCUT2D eigenvalue weighted by atomic mass is 79.9. The minimum absolute atomic E-state index is 0.00433. The number of ketones is 1. The third-order valence-corrected chi connectivity index (χ3v) is 4.23. The van der Waals surface area contributed by atoms with Gasteiger partial charge in [0.25, 0.3) is 0 Å². The number of ether oxygens (including phenoxy) is 2. The molecule has 3 nitrogen and oxygen atoms in total. The molecule has 0 amide bonds. The van der Waals surface area contributed by atoms with Crippen LogP contribution in [-0.2, 0) is 4.32 Å². The zero-order valence-corrected chi connectivity index (χ0v) is 13.8. The molecule has 4 heteroatoms. The van der Waals surface area contributed by atoms with Gasteiger partial charge < -0.3 is 9.47 Å². The smallest absolute Gasteiger partial charge is 0.183 e. The van der Waals surface area contributed by atoms with E-state index in [0.717, 1.165) is 17.1 Å². The summed E-state index contributed by atoms with van der Waals surface area (Å²) in [5.41, 5.74) is 1.51. The van der Waals surface area contributed by atoms with E-state index in [0.29, 0.717) is 5.56 Å². The second-order valence-electron chi connectivity index (χ2n) is 4.79. The van der Waals surface area contributed by atoms with Crippen molar-refractivity contribution in [3.05, 3.63) is 59.7 Å². The van der Waals surface area contributed by atoms with Crippen LogP contribution in [0.5, 0.6) is 11.5 Å². The van der Waals surface area contributed by atoms with Gasteiger partial charge in [0.1, 0.15) is 15.8 Å². The average molecular weight is 349 g/mol. The van der Waals surface area contributed by atoms with Crippen LogP contribution in [0.1, 0.15) is 22.8 Å². The van der Waals surface area contributed by atoms with Gasteiger partial charge in [-0.1, -0.05) is 28.1 Å². The Bertz CT molecular complexity index is 615. The molecule has 2 aromatic rings. The number of rotatable bonds is 5. The van der Waals surface area contributed by atoms with Crippen molar-refractivity contribution in [1.29, 1.82) is 0 Å². The maximum Gasteiger partial charge on any atom is 0.183 e. The standard InChI is InChI=1S/C17H17BrO3/c1-17(18,13-6-10-15(21-3)11-7-13)16(19)12-4-8-14(20-2)9-5-12/h4-11H,1-3H3. The summed E-state index contributed by atoms with van der Waals surface area (Å²) in [6.07, 6.45) is 0. The van der Waals surface area contributed by atoms with E-state index in [1.165, 1.54) is 0 Å².